The Morgan fingerprint density at radius 1 is 1.14 bits per heavy atom. The van der Waals surface area contributed by atoms with E-state index in [1.807, 2.05) is 0 Å². The average molecular weight is 478 g/mol. The molecule has 0 saturated carbocycles. The second-order valence-corrected chi connectivity index (χ2v) is 9.68. The third kappa shape index (κ3) is 6.07. The smallest absolute Gasteiger partial charge is 0.225 e. The van der Waals surface area contributed by atoms with Gasteiger partial charge in [-0.05, 0) is 73.7 Å². The number of ketones is 1. The normalized spacial score (nSPS) is 19.3. The molecule has 4 heterocycles. The van der Waals surface area contributed by atoms with Crippen LogP contribution in [-0.2, 0) is 23.1 Å². The molecule has 1 atom stereocenters. The predicted molar refractivity (Wildman–Crippen MR) is 135 cm³/mol. The van der Waals surface area contributed by atoms with E-state index in [2.05, 4.69) is 62.3 Å². The fraction of sp³-hybridized carbons (Fsp3) is 0.519. The van der Waals surface area contributed by atoms with E-state index in [4.69, 9.17) is 9.47 Å². The number of piperidine rings is 1. The SMILES string of the molecule is Cn1ccc2cc(CNCC3CCN(c4ncc(C(=O)COC5CCCCO5)cn4)CC3)ccc21. The molecule has 2 aliphatic rings. The topological polar surface area (TPSA) is 81.5 Å². The molecule has 0 aliphatic carbocycles. The Kier molecular flexibility index (Phi) is 7.71. The number of ether oxygens (including phenoxy) is 2. The molecule has 8 heteroatoms. The number of aryl methyl sites for hydroxylation is 1. The lowest BCUT2D eigenvalue weighted by atomic mass is 9.97. The third-order valence-corrected chi connectivity index (χ3v) is 7.11. The fourth-order valence-electron chi connectivity index (χ4n) is 4.92. The maximum absolute atomic E-state index is 12.4. The molecule has 0 bridgehead atoms. The lowest BCUT2D eigenvalue weighted by molar-refractivity contribution is -0.155. The fourth-order valence-corrected chi connectivity index (χ4v) is 4.92. The van der Waals surface area contributed by atoms with Crippen molar-refractivity contribution in [2.45, 2.75) is 44.9 Å². The number of benzene rings is 1. The van der Waals surface area contributed by atoms with Gasteiger partial charge in [0.2, 0.25) is 5.95 Å². The molecule has 0 radical (unpaired) electrons. The second-order valence-electron chi connectivity index (χ2n) is 9.68. The zero-order chi connectivity index (χ0) is 24.0. The Hall–Kier alpha value is -2.81. The highest BCUT2D eigenvalue weighted by molar-refractivity contribution is 5.96. The second kappa shape index (κ2) is 11.3. The minimum absolute atomic E-state index is 0.00493. The zero-order valence-electron chi connectivity index (χ0n) is 20.5. The number of carbonyl (C=O) groups is 1. The lowest BCUT2D eigenvalue weighted by Gasteiger charge is -2.32. The molecule has 2 aromatic heterocycles. The molecule has 2 fully saturated rings. The average Bonchev–Trinajstić information content (AvgIpc) is 3.28. The summed E-state index contributed by atoms with van der Waals surface area (Å²) in [6.07, 6.45) is 10.3. The number of Topliss-reactive ketones (excluding diaryl/α,β-unsaturated/α-hetero) is 1. The first-order valence-corrected chi connectivity index (χ1v) is 12.7. The van der Waals surface area contributed by atoms with Crippen LogP contribution in [-0.4, -0.2) is 59.5 Å². The standard InChI is InChI=1S/C27H35N5O3/c1-31-10-9-22-14-21(5-6-24(22)31)16-28-15-20-7-11-32(12-8-20)27-29-17-23(18-30-27)25(33)19-35-26-4-2-3-13-34-26/h5-6,9-10,14,17-18,20,26,28H,2-4,7-8,11-13,15-16,19H2,1H3. The summed E-state index contributed by atoms with van der Waals surface area (Å²) in [6, 6.07) is 8.84. The highest BCUT2D eigenvalue weighted by Gasteiger charge is 2.21. The molecule has 1 aromatic carbocycles. The molecule has 2 saturated heterocycles. The maximum Gasteiger partial charge on any atom is 0.225 e. The van der Waals surface area contributed by atoms with Crippen LogP contribution >= 0.6 is 0 Å². The zero-order valence-corrected chi connectivity index (χ0v) is 20.5. The molecule has 1 N–H and O–H groups in total. The summed E-state index contributed by atoms with van der Waals surface area (Å²) in [6.45, 7) is 4.47. The van der Waals surface area contributed by atoms with Gasteiger partial charge < -0.3 is 24.3 Å². The van der Waals surface area contributed by atoms with Crippen LogP contribution in [0.1, 0.15) is 48.0 Å². The van der Waals surface area contributed by atoms with Crippen LogP contribution < -0.4 is 10.2 Å². The van der Waals surface area contributed by atoms with Gasteiger partial charge in [-0.1, -0.05) is 6.07 Å². The molecular weight excluding hydrogens is 442 g/mol. The van der Waals surface area contributed by atoms with Gasteiger partial charge in [-0.3, -0.25) is 4.79 Å². The van der Waals surface area contributed by atoms with E-state index >= 15 is 0 Å². The van der Waals surface area contributed by atoms with E-state index in [9.17, 15) is 4.79 Å². The van der Waals surface area contributed by atoms with Crippen molar-refractivity contribution in [1.82, 2.24) is 19.9 Å². The summed E-state index contributed by atoms with van der Waals surface area (Å²) in [7, 11) is 2.08. The van der Waals surface area contributed by atoms with Gasteiger partial charge in [0.25, 0.3) is 0 Å². The van der Waals surface area contributed by atoms with E-state index in [1.165, 1.54) is 16.5 Å². The number of nitrogens with one attached hydrogen (secondary N) is 1. The van der Waals surface area contributed by atoms with Crippen molar-refractivity contribution >= 4 is 22.6 Å². The lowest BCUT2D eigenvalue weighted by Crippen LogP contribution is -2.38. The number of hydrogen-bond acceptors (Lipinski definition) is 7. The number of hydrogen-bond donors (Lipinski definition) is 1. The summed E-state index contributed by atoms with van der Waals surface area (Å²) in [5.41, 5.74) is 3.07. The minimum Gasteiger partial charge on any atom is -0.353 e. The number of aromatic nitrogens is 3. The molecule has 3 aromatic rings. The third-order valence-electron chi connectivity index (χ3n) is 7.11. The Morgan fingerprint density at radius 3 is 2.74 bits per heavy atom. The monoisotopic (exact) mass is 477 g/mol. The molecule has 2 aliphatic heterocycles. The summed E-state index contributed by atoms with van der Waals surface area (Å²) >= 11 is 0. The number of nitrogens with zero attached hydrogens (tertiary/aromatic N) is 4. The molecule has 5 rings (SSSR count). The Bertz CT molecular complexity index is 1120. The highest BCUT2D eigenvalue weighted by atomic mass is 16.7. The molecule has 0 amide bonds. The van der Waals surface area contributed by atoms with Crippen LogP contribution in [0.15, 0.2) is 42.9 Å². The first-order valence-electron chi connectivity index (χ1n) is 12.7. The molecule has 186 valence electrons. The van der Waals surface area contributed by atoms with Gasteiger partial charge in [0.15, 0.2) is 12.1 Å². The van der Waals surface area contributed by atoms with Crippen LogP contribution in [0, 0.1) is 5.92 Å². The van der Waals surface area contributed by atoms with Crippen LogP contribution in [0.3, 0.4) is 0 Å². The predicted octanol–water partition coefficient (Wildman–Crippen LogP) is 3.70. The van der Waals surface area contributed by atoms with Crippen molar-refractivity contribution < 1.29 is 14.3 Å². The summed E-state index contributed by atoms with van der Waals surface area (Å²) in [5, 5.41) is 4.93. The van der Waals surface area contributed by atoms with Crippen molar-refractivity contribution in [2.75, 3.05) is 37.7 Å². The summed E-state index contributed by atoms with van der Waals surface area (Å²) in [4.78, 5) is 23.5. The van der Waals surface area contributed by atoms with Crippen LogP contribution in [0.5, 0.6) is 0 Å². The molecule has 0 spiro atoms. The van der Waals surface area contributed by atoms with Gasteiger partial charge in [-0.15, -0.1) is 0 Å². The molecule has 8 nitrogen and oxygen atoms in total. The van der Waals surface area contributed by atoms with Gasteiger partial charge in [0, 0.05) is 57.4 Å². The molecule has 35 heavy (non-hydrogen) atoms. The van der Waals surface area contributed by atoms with Gasteiger partial charge in [-0.25, -0.2) is 9.97 Å². The van der Waals surface area contributed by atoms with Crippen molar-refractivity contribution in [3.05, 3.63) is 54.0 Å². The maximum atomic E-state index is 12.4. The first-order chi connectivity index (χ1) is 17.2. The molecular formula is C27H35N5O3. The van der Waals surface area contributed by atoms with Crippen molar-refractivity contribution in [3.63, 3.8) is 0 Å². The number of fused-ring (bicyclic) bond motifs is 1. The largest absolute Gasteiger partial charge is 0.353 e. The van der Waals surface area contributed by atoms with Crippen LogP contribution in [0.4, 0.5) is 5.95 Å². The molecule has 1 unspecified atom stereocenters. The van der Waals surface area contributed by atoms with Gasteiger partial charge in [0.1, 0.15) is 6.61 Å². The Balaban J connectivity index is 1.03. The van der Waals surface area contributed by atoms with E-state index in [-0.39, 0.29) is 18.7 Å². The van der Waals surface area contributed by atoms with Crippen molar-refractivity contribution in [3.8, 4) is 0 Å². The van der Waals surface area contributed by atoms with Crippen LogP contribution in [0.25, 0.3) is 10.9 Å². The summed E-state index contributed by atoms with van der Waals surface area (Å²) < 4.78 is 13.3. The van der Waals surface area contributed by atoms with E-state index in [0.29, 0.717) is 24.0 Å². The number of anilines is 1. The minimum atomic E-state index is -0.267. The van der Waals surface area contributed by atoms with Crippen molar-refractivity contribution in [2.24, 2.45) is 13.0 Å². The number of carbonyl (C=O) groups excluding carboxylic acids is 1. The van der Waals surface area contributed by atoms with Crippen molar-refractivity contribution in [1.29, 1.82) is 0 Å². The highest BCUT2D eigenvalue weighted by Crippen LogP contribution is 2.21. The first kappa shape index (κ1) is 23.9. The Labute approximate surface area is 206 Å². The van der Waals surface area contributed by atoms with E-state index in [1.54, 1.807) is 12.4 Å². The van der Waals surface area contributed by atoms with E-state index in [0.717, 1.165) is 58.3 Å². The van der Waals surface area contributed by atoms with Crippen LogP contribution in [0.2, 0.25) is 0 Å². The van der Waals surface area contributed by atoms with E-state index < -0.39 is 0 Å². The Morgan fingerprint density at radius 2 is 1.97 bits per heavy atom. The van der Waals surface area contributed by atoms with Gasteiger partial charge >= 0.3 is 0 Å². The quantitative estimate of drug-likeness (QED) is 0.471. The van der Waals surface area contributed by atoms with Gasteiger partial charge in [0.05, 0.1) is 5.56 Å². The van der Waals surface area contributed by atoms with Gasteiger partial charge in [-0.2, -0.15) is 0 Å². The summed E-state index contributed by atoms with van der Waals surface area (Å²) in [5.74, 6) is 1.23. The number of rotatable bonds is 9.